The number of hydrogen-bond donors (Lipinski definition) is 2. The number of ether oxygens (including phenoxy) is 1. The number of aromatic hydroxyl groups is 2. The second-order valence-electron chi connectivity index (χ2n) is 3.93. The molecule has 1 heterocycles. The van der Waals surface area contributed by atoms with E-state index in [0.29, 0.717) is 5.56 Å². The SMILES string of the molecule is COC(=O)c1nc(-c2ccc(C)cc2)nc(O)c1O. The molecule has 19 heavy (non-hydrogen) atoms. The zero-order chi connectivity index (χ0) is 14.0. The van der Waals surface area contributed by atoms with Crippen LogP contribution in [0.4, 0.5) is 0 Å². The average molecular weight is 260 g/mol. The first-order valence-electron chi connectivity index (χ1n) is 5.48. The van der Waals surface area contributed by atoms with Gasteiger partial charge in [0.1, 0.15) is 0 Å². The van der Waals surface area contributed by atoms with Crippen LogP contribution in [0.2, 0.25) is 0 Å². The van der Waals surface area contributed by atoms with Crippen LogP contribution >= 0.6 is 0 Å². The van der Waals surface area contributed by atoms with E-state index < -0.39 is 17.6 Å². The molecule has 0 fully saturated rings. The fourth-order valence-electron chi connectivity index (χ4n) is 1.51. The third-order valence-corrected chi connectivity index (χ3v) is 2.55. The molecular formula is C13H12N2O4. The molecular weight excluding hydrogens is 248 g/mol. The lowest BCUT2D eigenvalue weighted by molar-refractivity contribution is 0.0589. The van der Waals surface area contributed by atoms with Crippen molar-refractivity contribution in [3.05, 3.63) is 35.5 Å². The molecule has 98 valence electrons. The molecule has 0 spiro atoms. The van der Waals surface area contributed by atoms with E-state index in [4.69, 9.17) is 0 Å². The number of benzene rings is 1. The predicted molar refractivity (Wildman–Crippen MR) is 66.9 cm³/mol. The maximum Gasteiger partial charge on any atom is 0.360 e. The maximum atomic E-state index is 11.4. The van der Waals surface area contributed by atoms with Gasteiger partial charge in [-0.2, -0.15) is 4.98 Å². The molecule has 6 nitrogen and oxygen atoms in total. The molecule has 2 aromatic rings. The van der Waals surface area contributed by atoms with Gasteiger partial charge in [0.25, 0.3) is 5.88 Å². The minimum atomic E-state index is -0.844. The monoisotopic (exact) mass is 260 g/mol. The highest BCUT2D eigenvalue weighted by molar-refractivity contribution is 5.91. The summed E-state index contributed by atoms with van der Waals surface area (Å²) in [5.74, 6) is -2.06. The van der Waals surface area contributed by atoms with E-state index in [2.05, 4.69) is 14.7 Å². The summed E-state index contributed by atoms with van der Waals surface area (Å²) >= 11 is 0. The normalized spacial score (nSPS) is 10.2. The topological polar surface area (TPSA) is 92.5 Å². The highest BCUT2D eigenvalue weighted by Gasteiger charge is 2.20. The van der Waals surface area contributed by atoms with Crippen molar-refractivity contribution in [1.29, 1.82) is 0 Å². The van der Waals surface area contributed by atoms with Crippen molar-refractivity contribution in [1.82, 2.24) is 9.97 Å². The van der Waals surface area contributed by atoms with E-state index in [-0.39, 0.29) is 11.5 Å². The van der Waals surface area contributed by atoms with Crippen LogP contribution in [0.25, 0.3) is 11.4 Å². The second-order valence-corrected chi connectivity index (χ2v) is 3.93. The summed E-state index contributed by atoms with van der Waals surface area (Å²) in [5, 5.41) is 19.1. The van der Waals surface area contributed by atoms with Crippen molar-refractivity contribution in [2.45, 2.75) is 6.92 Å². The Morgan fingerprint density at radius 1 is 1.16 bits per heavy atom. The average Bonchev–Trinajstić information content (AvgIpc) is 2.41. The van der Waals surface area contributed by atoms with E-state index in [1.54, 1.807) is 12.1 Å². The molecule has 6 heteroatoms. The molecule has 0 unspecified atom stereocenters. The fourth-order valence-corrected chi connectivity index (χ4v) is 1.51. The van der Waals surface area contributed by atoms with Gasteiger partial charge >= 0.3 is 5.97 Å². The summed E-state index contributed by atoms with van der Waals surface area (Å²) in [7, 11) is 1.16. The first kappa shape index (κ1) is 12.8. The van der Waals surface area contributed by atoms with Crippen LogP contribution in [0.15, 0.2) is 24.3 Å². The Morgan fingerprint density at radius 3 is 2.37 bits per heavy atom. The molecule has 0 bridgehead atoms. The number of hydrogen-bond acceptors (Lipinski definition) is 6. The molecule has 0 aliphatic rings. The lowest BCUT2D eigenvalue weighted by atomic mass is 10.1. The molecule has 0 radical (unpaired) electrons. The molecule has 1 aromatic heterocycles. The van der Waals surface area contributed by atoms with Crippen LogP contribution in [0.1, 0.15) is 16.1 Å². The van der Waals surface area contributed by atoms with Crippen LogP contribution in [0.5, 0.6) is 11.6 Å². The van der Waals surface area contributed by atoms with E-state index >= 15 is 0 Å². The standard InChI is InChI=1S/C13H12N2O4/c1-7-3-5-8(6-4-7)11-14-9(13(18)19-2)10(16)12(17)15-11/h3-6,16H,1-2H3,(H,14,15,17). The van der Waals surface area contributed by atoms with Crippen LogP contribution in [0.3, 0.4) is 0 Å². The summed E-state index contributed by atoms with van der Waals surface area (Å²) in [4.78, 5) is 19.1. The predicted octanol–water partition coefficient (Wildman–Crippen LogP) is 1.65. The number of nitrogens with zero attached hydrogens (tertiary/aromatic N) is 2. The molecule has 0 aliphatic carbocycles. The number of carbonyl (C=O) groups is 1. The Balaban J connectivity index is 2.56. The molecule has 0 aliphatic heterocycles. The van der Waals surface area contributed by atoms with E-state index in [9.17, 15) is 15.0 Å². The van der Waals surface area contributed by atoms with Crippen molar-refractivity contribution < 1.29 is 19.7 Å². The van der Waals surface area contributed by atoms with Gasteiger partial charge in [-0.05, 0) is 6.92 Å². The van der Waals surface area contributed by atoms with Crippen molar-refractivity contribution >= 4 is 5.97 Å². The number of esters is 1. The van der Waals surface area contributed by atoms with Gasteiger partial charge < -0.3 is 14.9 Å². The summed E-state index contributed by atoms with van der Waals surface area (Å²) in [6.45, 7) is 1.93. The van der Waals surface area contributed by atoms with E-state index in [1.807, 2.05) is 19.1 Å². The maximum absolute atomic E-state index is 11.4. The van der Waals surface area contributed by atoms with Crippen LogP contribution in [0, 0.1) is 6.92 Å². The smallest absolute Gasteiger partial charge is 0.360 e. The third kappa shape index (κ3) is 2.47. The number of aryl methyl sites for hydroxylation is 1. The minimum absolute atomic E-state index is 0.135. The van der Waals surface area contributed by atoms with Crippen molar-refractivity contribution in [2.24, 2.45) is 0 Å². The van der Waals surface area contributed by atoms with Crippen molar-refractivity contribution in [3.63, 3.8) is 0 Å². The van der Waals surface area contributed by atoms with E-state index in [1.165, 1.54) is 0 Å². The van der Waals surface area contributed by atoms with Crippen LogP contribution in [-0.4, -0.2) is 33.3 Å². The van der Waals surface area contributed by atoms with E-state index in [0.717, 1.165) is 12.7 Å². The second kappa shape index (κ2) is 4.93. The van der Waals surface area contributed by atoms with Crippen LogP contribution in [-0.2, 0) is 4.74 Å². The van der Waals surface area contributed by atoms with Gasteiger partial charge in [0.05, 0.1) is 7.11 Å². The Morgan fingerprint density at radius 2 is 1.79 bits per heavy atom. The lowest BCUT2D eigenvalue weighted by Gasteiger charge is -2.06. The minimum Gasteiger partial charge on any atom is -0.501 e. The first-order valence-corrected chi connectivity index (χ1v) is 5.48. The van der Waals surface area contributed by atoms with Crippen molar-refractivity contribution in [3.8, 4) is 23.0 Å². The van der Waals surface area contributed by atoms with Gasteiger partial charge in [0, 0.05) is 5.56 Å². The van der Waals surface area contributed by atoms with Gasteiger partial charge in [-0.3, -0.25) is 0 Å². The summed E-state index contributed by atoms with van der Waals surface area (Å²) < 4.78 is 4.48. The summed E-state index contributed by atoms with van der Waals surface area (Å²) in [6, 6.07) is 7.20. The zero-order valence-electron chi connectivity index (χ0n) is 10.4. The summed E-state index contributed by atoms with van der Waals surface area (Å²) in [6.07, 6.45) is 0. The van der Waals surface area contributed by atoms with Gasteiger partial charge in [-0.25, -0.2) is 9.78 Å². The Hall–Kier alpha value is -2.63. The fraction of sp³-hybridized carbons (Fsp3) is 0.154. The number of methoxy groups -OCH3 is 1. The van der Waals surface area contributed by atoms with Gasteiger partial charge in [0.15, 0.2) is 11.5 Å². The quantitative estimate of drug-likeness (QED) is 0.797. The third-order valence-electron chi connectivity index (χ3n) is 2.55. The van der Waals surface area contributed by atoms with Gasteiger partial charge in [0.2, 0.25) is 5.75 Å². The Bertz CT molecular complexity index is 623. The Kier molecular flexibility index (Phi) is 3.33. The Labute approximate surface area is 109 Å². The molecule has 0 atom stereocenters. The zero-order valence-corrected chi connectivity index (χ0v) is 10.4. The van der Waals surface area contributed by atoms with Gasteiger partial charge in [-0.15, -0.1) is 0 Å². The molecule has 2 N–H and O–H groups in total. The first-order chi connectivity index (χ1) is 9.02. The number of carbonyl (C=O) groups excluding carboxylic acids is 1. The molecule has 0 amide bonds. The highest BCUT2D eigenvalue weighted by Crippen LogP contribution is 2.29. The van der Waals surface area contributed by atoms with Gasteiger partial charge in [-0.1, -0.05) is 29.8 Å². The largest absolute Gasteiger partial charge is 0.501 e. The van der Waals surface area contributed by atoms with Crippen LogP contribution < -0.4 is 0 Å². The number of aromatic nitrogens is 2. The molecule has 0 saturated heterocycles. The highest BCUT2D eigenvalue weighted by atomic mass is 16.5. The molecule has 0 saturated carbocycles. The van der Waals surface area contributed by atoms with Crippen molar-refractivity contribution in [2.75, 3.05) is 7.11 Å². The summed E-state index contributed by atoms with van der Waals surface area (Å²) in [5.41, 5.74) is 1.30. The molecule has 2 rings (SSSR count). The molecule has 1 aromatic carbocycles. The lowest BCUT2D eigenvalue weighted by Crippen LogP contribution is -2.07. The number of rotatable bonds is 2.